The van der Waals surface area contributed by atoms with Crippen molar-refractivity contribution in [2.75, 3.05) is 0 Å². The first kappa shape index (κ1) is 11.5. The van der Waals surface area contributed by atoms with E-state index in [1.165, 1.54) is 6.42 Å². The Morgan fingerprint density at radius 1 is 1.56 bits per heavy atom. The van der Waals surface area contributed by atoms with Gasteiger partial charge in [-0.2, -0.15) is 10.4 Å². The molecule has 4 nitrogen and oxygen atoms in total. The summed E-state index contributed by atoms with van der Waals surface area (Å²) in [5.74, 6) is 0.883. The van der Waals surface area contributed by atoms with E-state index >= 15 is 0 Å². The van der Waals surface area contributed by atoms with Crippen LogP contribution >= 0.6 is 11.8 Å². The highest BCUT2D eigenvalue weighted by atomic mass is 32.2. The molecule has 2 rings (SSSR count). The number of hydrogen-bond acceptors (Lipinski definition) is 4. The highest BCUT2D eigenvalue weighted by Gasteiger charge is 2.30. The van der Waals surface area contributed by atoms with Crippen LogP contribution in [-0.2, 0) is 7.05 Å². The Kier molecular flexibility index (Phi) is 3.49. The molecule has 0 spiro atoms. The fraction of sp³-hybridized carbons (Fsp3) is 0.727. The van der Waals surface area contributed by atoms with Gasteiger partial charge in [0.1, 0.15) is 6.33 Å². The molecule has 1 heterocycles. The Labute approximate surface area is 100 Å². The Morgan fingerprint density at radius 2 is 2.38 bits per heavy atom. The minimum Gasteiger partial charge on any atom is -0.244 e. The maximum atomic E-state index is 9.14. The van der Waals surface area contributed by atoms with E-state index in [0.717, 1.165) is 23.9 Å². The summed E-state index contributed by atoms with van der Waals surface area (Å²) >= 11 is 1.70. The van der Waals surface area contributed by atoms with Gasteiger partial charge in [-0.25, -0.2) is 9.67 Å². The third-order valence-electron chi connectivity index (χ3n) is 3.15. The first-order valence-corrected chi connectivity index (χ1v) is 6.49. The highest BCUT2D eigenvalue weighted by Crippen LogP contribution is 2.38. The van der Waals surface area contributed by atoms with E-state index in [2.05, 4.69) is 23.1 Å². The second-order valence-electron chi connectivity index (χ2n) is 4.48. The number of nitrogens with zero attached hydrogens (tertiary/aromatic N) is 4. The van der Waals surface area contributed by atoms with Crippen LogP contribution in [-0.4, -0.2) is 20.0 Å². The van der Waals surface area contributed by atoms with Gasteiger partial charge in [-0.15, -0.1) is 0 Å². The summed E-state index contributed by atoms with van der Waals surface area (Å²) in [4.78, 5) is 4.21. The van der Waals surface area contributed by atoms with Crippen LogP contribution in [0.25, 0.3) is 0 Å². The lowest BCUT2D eigenvalue weighted by atomic mass is 9.83. The standard InChI is InChI=1S/C11H16N4S/c1-8-3-4-9(6-12)10(5-8)16-11-13-7-14-15(11)2/h7-10H,3-5H2,1-2H3. The molecule has 0 N–H and O–H groups in total. The molecule has 1 aromatic rings. The second-order valence-corrected chi connectivity index (χ2v) is 5.68. The number of aromatic nitrogens is 3. The van der Waals surface area contributed by atoms with E-state index in [0.29, 0.717) is 5.25 Å². The zero-order valence-corrected chi connectivity index (χ0v) is 10.4. The topological polar surface area (TPSA) is 54.5 Å². The number of nitriles is 1. The van der Waals surface area contributed by atoms with E-state index in [9.17, 15) is 0 Å². The van der Waals surface area contributed by atoms with E-state index in [-0.39, 0.29) is 5.92 Å². The average molecular weight is 236 g/mol. The van der Waals surface area contributed by atoms with Crippen LogP contribution in [0.4, 0.5) is 0 Å². The third-order valence-corrected chi connectivity index (χ3v) is 4.55. The van der Waals surface area contributed by atoms with Gasteiger partial charge in [-0.1, -0.05) is 18.7 Å². The lowest BCUT2D eigenvalue weighted by molar-refractivity contribution is 0.345. The van der Waals surface area contributed by atoms with Gasteiger partial charge >= 0.3 is 0 Å². The van der Waals surface area contributed by atoms with Crippen LogP contribution in [0.15, 0.2) is 11.5 Å². The summed E-state index contributed by atoms with van der Waals surface area (Å²) in [6, 6.07) is 2.43. The number of hydrogen-bond donors (Lipinski definition) is 0. The van der Waals surface area contributed by atoms with Crippen molar-refractivity contribution in [3.05, 3.63) is 6.33 Å². The van der Waals surface area contributed by atoms with Gasteiger partial charge < -0.3 is 0 Å². The van der Waals surface area contributed by atoms with Gasteiger partial charge in [0.05, 0.1) is 12.0 Å². The minimum atomic E-state index is 0.165. The maximum Gasteiger partial charge on any atom is 0.186 e. The summed E-state index contributed by atoms with van der Waals surface area (Å²) in [5, 5.41) is 14.5. The van der Waals surface area contributed by atoms with Crippen molar-refractivity contribution >= 4 is 11.8 Å². The largest absolute Gasteiger partial charge is 0.244 e. The SMILES string of the molecule is CC1CCC(C#N)C(Sc2ncnn2C)C1. The van der Waals surface area contributed by atoms with Gasteiger partial charge in [0.25, 0.3) is 0 Å². The fourth-order valence-corrected chi connectivity index (χ4v) is 3.50. The maximum absolute atomic E-state index is 9.14. The smallest absolute Gasteiger partial charge is 0.186 e. The van der Waals surface area contributed by atoms with E-state index < -0.39 is 0 Å². The highest BCUT2D eigenvalue weighted by molar-refractivity contribution is 7.99. The van der Waals surface area contributed by atoms with Crippen LogP contribution in [0.2, 0.25) is 0 Å². The molecule has 1 saturated carbocycles. The summed E-state index contributed by atoms with van der Waals surface area (Å²) in [6.45, 7) is 2.26. The van der Waals surface area contributed by atoms with Crippen molar-refractivity contribution in [3.8, 4) is 6.07 Å². The summed E-state index contributed by atoms with van der Waals surface area (Å²) in [6.07, 6.45) is 4.87. The van der Waals surface area contributed by atoms with Crippen LogP contribution < -0.4 is 0 Å². The number of aryl methyl sites for hydroxylation is 1. The quantitative estimate of drug-likeness (QED) is 0.790. The van der Waals surface area contributed by atoms with Gasteiger partial charge in [0, 0.05) is 12.3 Å². The molecule has 0 saturated heterocycles. The minimum absolute atomic E-state index is 0.165. The van der Waals surface area contributed by atoms with E-state index in [4.69, 9.17) is 5.26 Å². The summed E-state index contributed by atoms with van der Waals surface area (Å²) in [5.41, 5.74) is 0. The van der Waals surface area contributed by atoms with Crippen molar-refractivity contribution in [2.45, 2.75) is 36.6 Å². The normalized spacial score (nSPS) is 29.9. The predicted molar refractivity (Wildman–Crippen MR) is 62.8 cm³/mol. The van der Waals surface area contributed by atoms with Gasteiger partial charge in [0.15, 0.2) is 5.16 Å². The molecule has 1 fully saturated rings. The lowest BCUT2D eigenvalue weighted by Crippen LogP contribution is -2.25. The zero-order chi connectivity index (χ0) is 11.5. The Bertz CT molecular complexity index is 395. The molecule has 1 aliphatic carbocycles. The Hall–Kier alpha value is -1.02. The number of thioether (sulfide) groups is 1. The molecule has 0 aromatic carbocycles. The molecule has 86 valence electrons. The summed E-state index contributed by atoms with van der Waals surface area (Å²) in [7, 11) is 1.89. The molecule has 0 aliphatic heterocycles. The van der Waals surface area contributed by atoms with Gasteiger partial charge in [-0.3, -0.25) is 0 Å². The molecular formula is C11H16N4S. The molecule has 3 unspecified atom stereocenters. The summed E-state index contributed by atoms with van der Waals surface area (Å²) < 4.78 is 1.78. The van der Waals surface area contributed by atoms with Crippen LogP contribution in [0.3, 0.4) is 0 Å². The average Bonchev–Trinajstić information content (AvgIpc) is 2.65. The molecule has 0 amide bonds. The Morgan fingerprint density at radius 3 is 3.00 bits per heavy atom. The van der Waals surface area contributed by atoms with Crippen LogP contribution in [0.1, 0.15) is 26.2 Å². The molecule has 1 aliphatic rings. The second kappa shape index (κ2) is 4.88. The third kappa shape index (κ3) is 2.38. The first-order valence-electron chi connectivity index (χ1n) is 5.61. The van der Waals surface area contributed by atoms with Crippen molar-refractivity contribution < 1.29 is 0 Å². The molecule has 16 heavy (non-hydrogen) atoms. The fourth-order valence-electron chi connectivity index (χ4n) is 2.13. The van der Waals surface area contributed by atoms with Gasteiger partial charge in [0.2, 0.25) is 0 Å². The number of rotatable bonds is 2. The Balaban J connectivity index is 2.07. The molecule has 5 heteroatoms. The van der Waals surface area contributed by atoms with Crippen molar-refractivity contribution in [3.63, 3.8) is 0 Å². The predicted octanol–water partition coefficient (Wildman–Crippen LogP) is 2.24. The monoisotopic (exact) mass is 236 g/mol. The van der Waals surface area contributed by atoms with E-state index in [1.807, 2.05) is 7.05 Å². The molecule has 1 aromatic heterocycles. The molecule has 0 radical (unpaired) electrons. The van der Waals surface area contributed by atoms with Crippen molar-refractivity contribution in [1.82, 2.24) is 14.8 Å². The molecular weight excluding hydrogens is 220 g/mol. The van der Waals surface area contributed by atoms with Crippen molar-refractivity contribution in [2.24, 2.45) is 18.9 Å². The van der Waals surface area contributed by atoms with Gasteiger partial charge in [-0.05, 0) is 25.2 Å². The van der Waals surface area contributed by atoms with Crippen molar-refractivity contribution in [1.29, 1.82) is 5.26 Å². The lowest BCUT2D eigenvalue weighted by Gasteiger charge is -2.29. The molecule has 3 atom stereocenters. The first-order chi connectivity index (χ1) is 7.70. The van der Waals surface area contributed by atoms with Crippen LogP contribution in [0.5, 0.6) is 0 Å². The zero-order valence-electron chi connectivity index (χ0n) is 9.63. The van der Waals surface area contributed by atoms with E-state index in [1.54, 1.807) is 22.8 Å². The molecule has 0 bridgehead atoms. The van der Waals surface area contributed by atoms with Crippen LogP contribution in [0, 0.1) is 23.2 Å².